The minimum atomic E-state index is -0.519. The summed E-state index contributed by atoms with van der Waals surface area (Å²) in [5.41, 5.74) is 0.512. The van der Waals surface area contributed by atoms with Crippen LogP contribution in [0.5, 0.6) is 5.75 Å². The molecule has 0 unspecified atom stereocenters. The Balaban J connectivity index is 1.61. The van der Waals surface area contributed by atoms with E-state index >= 15 is 0 Å². The number of rotatable bonds is 4. The van der Waals surface area contributed by atoms with Crippen LogP contribution in [-0.4, -0.2) is 57.3 Å². The molecule has 1 amide bonds. The smallest absolute Gasteiger partial charge is 0.410 e. The fourth-order valence-corrected chi connectivity index (χ4v) is 3.55. The second-order valence-corrected chi connectivity index (χ2v) is 8.93. The van der Waals surface area contributed by atoms with Gasteiger partial charge in [0.1, 0.15) is 5.60 Å². The molecular formula is C22H28ClN3O4. The second kappa shape index (κ2) is 9.10. The number of aromatic nitrogens is 1. The lowest BCUT2D eigenvalue weighted by molar-refractivity contribution is 0.0138. The topological polar surface area (TPSA) is 75.0 Å². The summed E-state index contributed by atoms with van der Waals surface area (Å²) in [7, 11) is 0. The Morgan fingerprint density at radius 3 is 2.47 bits per heavy atom. The van der Waals surface area contributed by atoms with Gasteiger partial charge >= 0.3 is 6.09 Å². The number of amides is 1. The molecule has 2 aromatic rings. The van der Waals surface area contributed by atoms with E-state index in [4.69, 9.17) is 16.3 Å². The lowest BCUT2D eigenvalue weighted by Gasteiger charge is -2.35. The first kappa shape index (κ1) is 22.2. The number of ether oxygens (including phenoxy) is 1. The molecule has 3 rings (SSSR count). The van der Waals surface area contributed by atoms with Gasteiger partial charge in [-0.1, -0.05) is 23.7 Å². The molecule has 1 fully saturated rings. The van der Waals surface area contributed by atoms with Gasteiger partial charge in [-0.25, -0.2) is 4.79 Å². The fourth-order valence-electron chi connectivity index (χ4n) is 3.34. The van der Waals surface area contributed by atoms with Gasteiger partial charge in [-0.15, -0.1) is 0 Å². The van der Waals surface area contributed by atoms with Gasteiger partial charge in [-0.2, -0.15) is 0 Å². The zero-order valence-corrected chi connectivity index (χ0v) is 18.4. The van der Waals surface area contributed by atoms with Crippen molar-refractivity contribution < 1.29 is 14.6 Å². The van der Waals surface area contributed by atoms with E-state index in [1.165, 1.54) is 4.57 Å². The zero-order valence-electron chi connectivity index (χ0n) is 17.6. The largest absolute Gasteiger partial charge is 0.503 e. The van der Waals surface area contributed by atoms with E-state index in [9.17, 15) is 14.7 Å². The molecule has 0 atom stereocenters. The van der Waals surface area contributed by atoms with Crippen LogP contribution in [0.1, 0.15) is 31.9 Å². The van der Waals surface area contributed by atoms with Gasteiger partial charge in [0.15, 0.2) is 5.75 Å². The van der Waals surface area contributed by atoms with E-state index in [0.717, 1.165) is 5.56 Å². The molecule has 1 aliphatic rings. The van der Waals surface area contributed by atoms with Crippen LogP contribution < -0.4 is 5.56 Å². The third kappa shape index (κ3) is 5.77. The van der Waals surface area contributed by atoms with Crippen LogP contribution >= 0.6 is 11.6 Å². The van der Waals surface area contributed by atoms with E-state index in [0.29, 0.717) is 49.9 Å². The third-order valence-electron chi connectivity index (χ3n) is 4.88. The van der Waals surface area contributed by atoms with Gasteiger partial charge in [-0.3, -0.25) is 9.69 Å². The summed E-state index contributed by atoms with van der Waals surface area (Å²) < 4.78 is 6.87. The molecule has 1 N–H and O–H groups in total. The number of hydrogen-bond donors (Lipinski definition) is 1. The van der Waals surface area contributed by atoms with Crippen LogP contribution in [-0.2, 0) is 17.8 Å². The molecular weight excluding hydrogens is 406 g/mol. The Labute approximate surface area is 181 Å². The Bertz CT molecular complexity index is 960. The van der Waals surface area contributed by atoms with Crippen LogP contribution in [0.25, 0.3) is 0 Å². The van der Waals surface area contributed by atoms with Gasteiger partial charge in [0.25, 0.3) is 5.56 Å². The predicted molar refractivity (Wildman–Crippen MR) is 116 cm³/mol. The summed E-state index contributed by atoms with van der Waals surface area (Å²) in [6, 6.07) is 9.04. The highest BCUT2D eigenvalue weighted by atomic mass is 35.5. The second-order valence-electron chi connectivity index (χ2n) is 8.50. The third-order valence-corrected chi connectivity index (χ3v) is 5.12. The average molecular weight is 434 g/mol. The van der Waals surface area contributed by atoms with Crippen molar-refractivity contribution in [2.75, 3.05) is 26.2 Å². The van der Waals surface area contributed by atoms with E-state index in [1.54, 1.807) is 29.3 Å². The van der Waals surface area contributed by atoms with Crippen LogP contribution in [0.15, 0.2) is 41.3 Å². The molecule has 1 aromatic carbocycles. The molecule has 0 radical (unpaired) electrons. The Kier molecular flexibility index (Phi) is 6.73. The molecule has 162 valence electrons. The van der Waals surface area contributed by atoms with Gasteiger partial charge < -0.3 is 19.3 Å². The van der Waals surface area contributed by atoms with E-state index < -0.39 is 11.2 Å². The van der Waals surface area contributed by atoms with Crippen molar-refractivity contribution in [3.8, 4) is 5.75 Å². The van der Waals surface area contributed by atoms with Gasteiger partial charge in [0.2, 0.25) is 0 Å². The number of piperazine rings is 1. The summed E-state index contributed by atoms with van der Waals surface area (Å²) in [5.74, 6) is -0.242. The summed E-state index contributed by atoms with van der Waals surface area (Å²) in [6.07, 6.45) is 1.38. The summed E-state index contributed by atoms with van der Waals surface area (Å²) >= 11 is 6.00. The standard InChI is InChI=1S/C22H28ClN3O4/c1-22(2,3)30-21(29)25-11-9-24(10-12-25)15-17-7-8-26(20(28)19(17)27)14-16-5-4-6-18(23)13-16/h4-8,13,27H,9-12,14-15H2,1-3H3. The van der Waals surface area contributed by atoms with Crippen LogP contribution in [0.2, 0.25) is 5.02 Å². The van der Waals surface area contributed by atoms with Crippen molar-refractivity contribution in [1.82, 2.24) is 14.4 Å². The van der Waals surface area contributed by atoms with Crippen molar-refractivity contribution in [3.63, 3.8) is 0 Å². The first-order valence-corrected chi connectivity index (χ1v) is 10.4. The highest BCUT2D eigenvalue weighted by molar-refractivity contribution is 6.30. The van der Waals surface area contributed by atoms with E-state index in [2.05, 4.69) is 4.90 Å². The molecule has 30 heavy (non-hydrogen) atoms. The molecule has 2 heterocycles. The molecule has 7 nitrogen and oxygen atoms in total. The predicted octanol–water partition coefficient (Wildman–Crippen LogP) is 3.31. The van der Waals surface area contributed by atoms with Crippen LogP contribution in [0.3, 0.4) is 0 Å². The van der Waals surface area contributed by atoms with E-state index in [1.807, 2.05) is 32.9 Å². The highest BCUT2D eigenvalue weighted by Crippen LogP contribution is 2.18. The molecule has 1 saturated heterocycles. The molecule has 1 aromatic heterocycles. The SMILES string of the molecule is CC(C)(C)OC(=O)N1CCN(Cc2ccn(Cc3cccc(Cl)c3)c(=O)c2O)CC1. The Hall–Kier alpha value is -2.51. The number of aromatic hydroxyl groups is 1. The maximum Gasteiger partial charge on any atom is 0.410 e. The number of hydrogen-bond acceptors (Lipinski definition) is 5. The van der Waals surface area contributed by atoms with Gasteiger partial charge in [-0.05, 0) is 44.5 Å². The minimum Gasteiger partial charge on any atom is -0.503 e. The van der Waals surface area contributed by atoms with E-state index in [-0.39, 0.29) is 11.8 Å². The fraction of sp³-hybridized carbons (Fsp3) is 0.455. The maximum absolute atomic E-state index is 12.6. The van der Waals surface area contributed by atoms with Crippen molar-refractivity contribution in [2.24, 2.45) is 0 Å². The monoisotopic (exact) mass is 433 g/mol. The number of nitrogens with zero attached hydrogens (tertiary/aromatic N) is 3. The Morgan fingerprint density at radius 2 is 1.83 bits per heavy atom. The number of pyridine rings is 1. The molecule has 0 bridgehead atoms. The summed E-state index contributed by atoms with van der Waals surface area (Å²) in [4.78, 5) is 28.6. The molecule has 8 heteroatoms. The molecule has 0 aliphatic carbocycles. The lowest BCUT2D eigenvalue weighted by Crippen LogP contribution is -2.49. The van der Waals surface area contributed by atoms with Crippen molar-refractivity contribution >= 4 is 17.7 Å². The minimum absolute atomic E-state index is 0.242. The number of benzene rings is 1. The number of carbonyl (C=O) groups is 1. The van der Waals surface area contributed by atoms with Crippen molar-refractivity contribution in [2.45, 2.75) is 39.5 Å². The average Bonchev–Trinajstić information content (AvgIpc) is 2.67. The van der Waals surface area contributed by atoms with Gasteiger partial charge in [0.05, 0.1) is 6.54 Å². The highest BCUT2D eigenvalue weighted by Gasteiger charge is 2.26. The van der Waals surface area contributed by atoms with Crippen molar-refractivity contribution in [3.05, 3.63) is 63.0 Å². The summed E-state index contributed by atoms with van der Waals surface area (Å²) in [6.45, 7) is 8.69. The quantitative estimate of drug-likeness (QED) is 0.800. The first-order valence-electron chi connectivity index (χ1n) is 9.98. The molecule has 0 saturated carbocycles. The summed E-state index contributed by atoms with van der Waals surface area (Å²) in [5, 5.41) is 11.0. The molecule has 1 aliphatic heterocycles. The lowest BCUT2D eigenvalue weighted by atomic mass is 10.2. The number of carbonyl (C=O) groups excluding carboxylic acids is 1. The zero-order chi connectivity index (χ0) is 21.9. The Morgan fingerprint density at radius 1 is 1.13 bits per heavy atom. The number of halogens is 1. The first-order chi connectivity index (χ1) is 14.1. The van der Waals surface area contributed by atoms with Gasteiger partial charge in [0, 0.05) is 49.5 Å². The normalized spacial score (nSPS) is 15.3. The van der Waals surface area contributed by atoms with Crippen LogP contribution in [0.4, 0.5) is 4.79 Å². The van der Waals surface area contributed by atoms with Crippen molar-refractivity contribution in [1.29, 1.82) is 0 Å². The maximum atomic E-state index is 12.6. The molecule has 0 spiro atoms. The van der Waals surface area contributed by atoms with Crippen LogP contribution in [0, 0.1) is 0 Å².